The molecule has 1 aliphatic heterocycles. The molecule has 0 aliphatic carbocycles. The van der Waals surface area contributed by atoms with E-state index < -0.39 is 0 Å². The number of likely N-dealkylation sites (tertiary alicyclic amines) is 1. The van der Waals surface area contributed by atoms with Crippen molar-refractivity contribution in [1.29, 1.82) is 0 Å². The van der Waals surface area contributed by atoms with Crippen LogP contribution in [-0.2, 0) is 13.5 Å². The molecule has 7 nitrogen and oxygen atoms in total. The standard InChI is InChI=1S/C23H30N4O3/c1-26-14-6-10-20(21(26)28)22(29)27-15-11-19(12-16-27)17-25-23(30)24-13-5-9-18-7-3-2-4-8-18/h2-4,6-8,10,14,19H,5,9,11-13,15-17H2,1H3,(H2,24,25,30). The minimum absolute atomic E-state index is 0.144. The lowest BCUT2D eigenvalue weighted by molar-refractivity contribution is 0.0688. The first-order chi connectivity index (χ1) is 14.5. The van der Waals surface area contributed by atoms with Crippen molar-refractivity contribution in [3.05, 3.63) is 70.1 Å². The predicted molar refractivity (Wildman–Crippen MR) is 116 cm³/mol. The number of nitrogens with zero attached hydrogens (tertiary/aromatic N) is 2. The van der Waals surface area contributed by atoms with Gasteiger partial charge in [0.25, 0.3) is 11.5 Å². The minimum atomic E-state index is -0.268. The van der Waals surface area contributed by atoms with Crippen molar-refractivity contribution in [2.75, 3.05) is 26.2 Å². The molecule has 30 heavy (non-hydrogen) atoms. The highest BCUT2D eigenvalue weighted by molar-refractivity contribution is 5.93. The second-order valence-electron chi connectivity index (χ2n) is 7.80. The van der Waals surface area contributed by atoms with Crippen LogP contribution in [0.5, 0.6) is 0 Å². The van der Waals surface area contributed by atoms with Gasteiger partial charge in [0.2, 0.25) is 0 Å². The van der Waals surface area contributed by atoms with Crippen LogP contribution >= 0.6 is 0 Å². The molecule has 0 spiro atoms. The summed E-state index contributed by atoms with van der Waals surface area (Å²) in [6.45, 7) is 2.43. The van der Waals surface area contributed by atoms with Crippen LogP contribution in [0.2, 0.25) is 0 Å². The van der Waals surface area contributed by atoms with Crippen LogP contribution in [0.25, 0.3) is 0 Å². The fourth-order valence-electron chi connectivity index (χ4n) is 3.71. The third-order valence-electron chi connectivity index (χ3n) is 5.58. The van der Waals surface area contributed by atoms with E-state index in [0.29, 0.717) is 32.1 Å². The Morgan fingerprint density at radius 2 is 1.77 bits per heavy atom. The van der Waals surface area contributed by atoms with Crippen molar-refractivity contribution in [2.24, 2.45) is 13.0 Å². The highest BCUT2D eigenvalue weighted by Gasteiger charge is 2.25. The van der Waals surface area contributed by atoms with E-state index in [4.69, 9.17) is 0 Å². The number of aryl methyl sites for hydroxylation is 2. The summed E-state index contributed by atoms with van der Waals surface area (Å²) in [6.07, 6.45) is 5.11. The Morgan fingerprint density at radius 1 is 1.03 bits per heavy atom. The molecular weight excluding hydrogens is 380 g/mol. The molecule has 1 aliphatic rings. The number of pyridine rings is 1. The number of aromatic nitrogens is 1. The SMILES string of the molecule is Cn1cccc(C(=O)N2CCC(CNC(=O)NCCCc3ccccc3)CC2)c1=O. The van der Waals surface area contributed by atoms with Gasteiger partial charge in [0.05, 0.1) is 0 Å². The number of carbonyl (C=O) groups excluding carboxylic acids is 2. The maximum atomic E-state index is 12.6. The van der Waals surface area contributed by atoms with E-state index in [1.807, 2.05) is 18.2 Å². The number of hydrogen-bond acceptors (Lipinski definition) is 3. The molecule has 160 valence electrons. The molecule has 1 saturated heterocycles. The summed E-state index contributed by atoms with van der Waals surface area (Å²) in [5.41, 5.74) is 1.22. The number of nitrogens with one attached hydrogen (secondary N) is 2. The van der Waals surface area contributed by atoms with E-state index in [1.54, 1.807) is 30.3 Å². The summed E-state index contributed by atoms with van der Waals surface area (Å²) in [7, 11) is 1.64. The molecule has 2 heterocycles. The smallest absolute Gasteiger partial charge is 0.314 e. The number of rotatable bonds is 7. The fraction of sp³-hybridized carbons (Fsp3) is 0.435. The molecule has 3 amide bonds. The molecule has 1 aromatic heterocycles. The van der Waals surface area contributed by atoms with Crippen LogP contribution < -0.4 is 16.2 Å². The zero-order chi connectivity index (χ0) is 21.3. The predicted octanol–water partition coefficient (Wildman–Crippen LogP) is 2.17. The van der Waals surface area contributed by atoms with Crippen LogP contribution in [0, 0.1) is 5.92 Å². The third kappa shape index (κ3) is 5.95. The zero-order valence-corrected chi connectivity index (χ0v) is 17.5. The summed E-state index contributed by atoms with van der Waals surface area (Å²) in [6, 6.07) is 13.4. The van der Waals surface area contributed by atoms with E-state index in [0.717, 1.165) is 25.7 Å². The van der Waals surface area contributed by atoms with Gasteiger partial charge in [-0.3, -0.25) is 9.59 Å². The van der Waals surface area contributed by atoms with Crippen molar-refractivity contribution < 1.29 is 9.59 Å². The molecule has 0 radical (unpaired) electrons. The lowest BCUT2D eigenvalue weighted by atomic mass is 9.96. The van der Waals surface area contributed by atoms with Crippen molar-refractivity contribution >= 4 is 11.9 Å². The summed E-state index contributed by atoms with van der Waals surface area (Å²) in [5.74, 6) is 0.126. The number of amides is 3. The number of carbonyl (C=O) groups is 2. The van der Waals surface area contributed by atoms with E-state index in [1.165, 1.54) is 10.1 Å². The van der Waals surface area contributed by atoms with Crippen molar-refractivity contribution in [2.45, 2.75) is 25.7 Å². The Labute approximate surface area is 177 Å². The van der Waals surface area contributed by atoms with E-state index in [-0.39, 0.29) is 23.1 Å². The van der Waals surface area contributed by atoms with Gasteiger partial charge in [-0.2, -0.15) is 0 Å². The molecular formula is C23H30N4O3. The maximum Gasteiger partial charge on any atom is 0.314 e. The number of urea groups is 1. The molecule has 2 aromatic rings. The molecule has 2 N–H and O–H groups in total. The quantitative estimate of drug-likeness (QED) is 0.686. The fourth-order valence-corrected chi connectivity index (χ4v) is 3.71. The summed E-state index contributed by atoms with van der Waals surface area (Å²) in [5, 5.41) is 5.84. The summed E-state index contributed by atoms with van der Waals surface area (Å²) < 4.78 is 1.42. The molecule has 1 fully saturated rings. The highest BCUT2D eigenvalue weighted by Crippen LogP contribution is 2.17. The average molecular weight is 411 g/mol. The largest absolute Gasteiger partial charge is 0.338 e. The van der Waals surface area contributed by atoms with Gasteiger partial charge in [-0.15, -0.1) is 0 Å². The number of piperidine rings is 1. The summed E-state index contributed by atoms with van der Waals surface area (Å²) in [4.78, 5) is 38.5. The first-order valence-corrected chi connectivity index (χ1v) is 10.5. The van der Waals surface area contributed by atoms with Gasteiger partial charge in [0.1, 0.15) is 5.56 Å². The Kier molecular flexibility index (Phi) is 7.65. The monoisotopic (exact) mass is 410 g/mol. The van der Waals surface area contributed by atoms with Gasteiger partial charge in [0.15, 0.2) is 0 Å². The van der Waals surface area contributed by atoms with Crippen LogP contribution in [-0.4, -0.2) is 47.6 Å². The van der Waals surface area contributed by atoms with E-state index in [9.17, 15) is 14.4 Å². The van der Waals surface area contributed by atoms with Gasteiger partial charge in [0, 0.05) is 39.4 Å². The molecule has 0 bridgehead atoms. The Morgan fingerprint density at radius 3 is 2.50 bits per heavy atom. The third-order valence-corrected chi connectivity index (χ3v) is 5.58. The van der Waals surface area contributed by atoms with E-state index >= 15 is 0 Å². The molecule has 3 rings (SSSR count). The van der Waals surface area contributed by atoms with Gasteiger partial charge in [-0.25, -0.2) is 4.79 Å². The average Bonchev–Trinajstić information content (AvgIpc) is 2.78. The molecule has 7 heteroatoms. The first-order valence-electron chi connectivity index (χ1n) is 10.5. The Bertz CT molecular complexity index is 902. The molecule has 0 unspecified atom stereocenters. The van der Waals surface area contributed by atoms with Crippen molar-refractivity contribution in [3.8, 4) is 0 Å². The molecule has 1 aromatic carbocycles. The van der Waals surface area contributed by atoms with Gasteiger partial charge in [-0.1, -0.05) is 30.3 Å². The number of benzene rings is 1. The lowest BCUT2D eigenvalue weighted by Gasteiger charge is -2.32. The van der Waals surface area contributed by atoms with Crippen molar-refractivity contribution in [3.63, 3.8) is 0 Å². The molecule has 0 saturated carbocycles. The Balaban J connectivity index is 1.33. The van der Waals surface area contributed by atoms with Gasteiger partial charge in [-0.05, 0) is 49.3 Å². The number of hydrogen-bond donors (Lipinski definition) is 2. The van der Waals surface area contributed by atoms with Crippen molar-refractivity contribution in [1.82, 2.24) is 20.1 Å². The second-order valence-corrected chi connectivity index (χ2v) is 7.80. The topological polar surface area (TPSA) is 83.4 Å². The highest BCUT2D eigenvalue weighted by atomic mass is 16.2. The normalized spacial score (nSPS) is 14.4. The van der Waals surface area contributed by atoms with E-state index in [2.05, 4.69) is 22.8 Å². The maximum absolute atomic E-state index is 12.6. The lowest BCUT2D eigenvalue weighted by Crippen LogP contribution is -2.44. The van der Waals surface area contributed by atoms with Crippen LogP contribution in [0.1, 0.15) is 35.2 Å². The van der Waals surface area contributed by atoms with Crippen LogP contribution in [0.4, 0.5) is 4.79 Å². The minimum Gasteiger partial charge on any atom is -0.338 e. The van der Waals surface area contributed by atoms with Gasteiger partial charge >= 0.3 is 6.03 Å². The Hall–Kier alpha value is -3.09. The van der Waals surface area contributed by atoms with Crippen LogP contribution in [0.3, 0.4) is 0 Å². The second kappa shape index (κ2) is 10.6. The van der Waals surface area contributed by atoms with Crippen LogP contribution in [0.15, 0.2) is 53.5 Å². The zero-order valence-electron chi connectivity index (χ0n) is 17.5. The summed E-state index contributed by atoms with van der Waals surface area (Å²) >= 11 is 0. The van der Waals surface area contributed by atoms with Gasteiger partial charge < -0.3 is 20.1 Å². The molecule has 0 atom stereocenters. The first kappa shape index (κ1) is 21.6.